The van der Waals surface area contributed by atoms with Crippen LogP contribution in [0.3, 0.4) is 0 Å². The molecule has 1 aliphatic rings. The van der Waals surface area contributed by atoms with Crippen molar-refractivity contribution in [2.75, 3.05) is 11.9 Å². The summed E-state index contributed by atoms with van der Waals surface area (Å²) in [5.41, 5.74) is 3.43. The van der Waals surface area contributed by atoms with Crippen molar-refractivity contribution >= 4 is 17.3 Å². The Kier molecular flexibility index (Phi) is 2.18. The Bertz CT molecular complexity index is 338. The van der Waals surface area contributed by atoms with Crippen LogP contribution in [0.1, 0.15) is 11.1 Å². The van der Waals surface area contributed by atoms with E-state index in [1.807, 2.05) is 19.1 Å². The predicted octanol–water partition coefficient (Wildman–Crippen LogP) is 1.98. The molecule has 70 valence electrons. The van der Waals surface area contributed by atoms with Crippen molar-refractivity contribution in [1.82, 2.24) is 0 Å². The van der Waals surface area contributed by atoms with Gasteiger partial charge in [0.25, 0.3) is 0 Å². The molecule has 0 spiro atoms. The second-order valence-corrected chi connectivity index (χ2v) is 3.84. The zero-order valence-electron chi connectivity index (χ0n) is 7.47. The number of aliphatic hydroxyl groups excluding tert-OH is 1. The first-order chi connectivity index (χ1) is 6.22. The summed E-state index contributed by atoms with van der Waals surface area (Å²) in [6, 6.07) is 4.09. The number of anilines is 1. The normalized spacial score (nSPS) is 19.8. The van der Waals surface area contributed by atoms with Crippen molar-refractivity contribution in [2.24, 2.45) is 0 Å². The maximum Gasteiger partial charge on any atom is 0.0636 e. The van der Waals surface area contributed by atoms with E-state index in [1.165, 1.54) is 5.56 Å². The standard InChI is InChI=1S/C10H12ClNO/c1-6-9(11)3-2-7-4-8(5-13)12-10(6)7/h2-3,8,12-13H,4-5H2,1H3. The zero-order chi connectivity index (χ0) is 9.42. The van der Waals surface area contributed by atoms with Gasteiger partial charge in [-0.1, -0.05) is 17.7 Å². The fraction of sp³-hybridized carbons (Fsp3) is 0.400. The molecule has 3 heteroatoms. The molecule has 0 aromatic heterocycles. The van der Waals surface area contributed by atoms with Crippen molar-refractivity contribution in [2.45, 2.75) is 19.4 Å². The number of hydrogen-bond acceptors (Lipinski definition) is 2. The molecule has 1 unspecified atom stereocenters. The minimum Gasteiger partial charge on any atom is -0.394 e. The van der Waals surface area contributed by atoms with Gasteiger partial charge in [-0.15, -0.1) is 0 Å². The third-order valence-corrected chi connectivity index (χ3v) is 2.93. The van der Waals surface area contributed by atoms with E-state index in [-0.39, 0.29) is 12.6 Å². The maximum atomic E-state index is 9.00. The SMILES string of the molecule is Cc1c(Cl)ccc2c1NC(CO)C2. The maximum absolute atomic E-state index is 9.00. The van der Waals surface area contributed by atoms with Crippen LogP contribution in [0.2, 0.25) is 5.02 Å². The third-order valence-electron chi connectivity index (χ3n) is 2.52. The average Bonchev–Trinajstić information content (AvgIpc) is 2.55. The number of rotatable bonds is 1. The van der Waals surface area contributed by atoms with Crippen LogP contribution in [0.25, 0.3) is 0 Å². The van der Waals surface area contributed by atoms with Crippen LogP contribution in [0.15, 0.2) is 12.1 Å². The molecule has 1 heterocycles. The molecule has 0 fully saturated rings. The van der Waals surface area contributed by atoms with Gasteiger partial charge in [0.15, 0.2) is 0 Å². The number of fused-ring (bicyclic) bond motifs is 1. The number of benzene rings is 1. The van der Waals surface area contributed by atoms with Gasteiger partial charge in [0.2, 0.25) is 0 Å². The van der Waals surface area contributed by atoms with E-state index in [9.17, 15) is 0 Å². The fourth-order valence-corrected chi connectivity index (χ4v) is 1.90. The zero-order valence-corrected chi connectivity index (χ0v) is 8.23. The first kappa shape index (κ1) is 8.85. The summed E-state index contributed by atoms with van der Waals surface area (Å²) in [6.45, 7) is 2.17. The summed E-state index contributed by atoms with van der Waals surface area (Å²) in [7, 11) is 0. The Morgan fingerprint density at radius 2 is 2.38 bits per heavy atom. The molecule has 1 aliphatic heterocycles. The second-order valence-electron chi connectivity index (χ2n) is 3.43. The quantitative estimate of drug-likeness (QED) is 0.722. The van der Waals surface area contributed by atoms with Crippen LogP contribution in [-0.4, -0.2) is 17.8 Å². The molecule has 13 heavy (non-hydrogen) atoms. The lowest BCUT2D eigenvalue weighted by Crippen LogP contribution is -2.19. The predicted molar refractivity (Wildman–Crippen MR) is 54.4 cm³/mol. The molecule has 1 atom stereocenters. The molecular weight excluding hydrogens is 186 g/mol. The van der Waals surface area contributed by atoms with Gasteiger partial charge in [0.1, 0.15) is 0 Å². The lowest BCUT2D eigenvalue weighted by molar-refractivity contribution is 0.277. The molecule has 2 N–H and O–H groups in total. The highest BCUT2D eigenvalue weighted by Crippen LogP contribution is 2.33. The molecular formula is C10H12ClNO. The van der Waals surface area contributed by atoms with E-state index in [0.29, 0.717) is 0 Å². The average molecular weight is 198 g/mol. The highest BCUT2D eigenvalue weighted by Gasteiger charge is 2.21. The smallest absolute Gasteiger partial charge is 0.0636 e. The highest BCUT2D eigenvalue weighted by molar-refractivity contribution is 6.31. The summed E-state index contributed by atoms with van der Waals surface area (Å²) < 4.78 is 0. The molecule has 1 aromatic carbocycles. The van der Waals surface area contributed by atoms with Crippen LogP contribution in [0.4, 0.5) is 5.69 Å². The van der Waals surface area contributed by atoms with E-state index < -0.39 is 0 Å². The van der Waals surface area contributed by atoms with E-state index in [1.54, 1.807) is 0 Å². The molecule has 0 bridgehead atoms. The van der Waals surface area contributed by atoms with E-state index >= 15 is 0 Å². The Balaban J connectivity index is 2.40. The van der Waals surface area contributed by atoms with Crippen LogP contribution in [-0.2, 0) is 6.42 Å². The van der Waals surface area contributed by atoms with Gasteiger partial charge in [-0.3, -0.25) is 0 Å². The number of halogens is 1. The Morgan fingerprint density at radius 3 is 3.08 bits per heavy atom. The van der Waals surface area contributed by atoms with Gasteiger partial charge in [0.05, 0.1) is 12.6 Å². The third kappa shape index (κ3) is 1.40. The molecule has 0 amide bonds. The number of aliphatic hydroxyl groups is 1. The lowest BCUT2D eigenvalue weighted by Gasteiger charge is -2.08. The van der Waals surface area contributed by atoms with E-state index in [4.69, 9.17) is 16.7 Å². The van der Waals surface area contributed by atoms with Gasteiger partial charge in [0, 0.05) is 10.7 Å². The van der Waals surface area contributed by atoms with Crippen LogP contribution >= 0.6 is 11.6 Å². The monoisotopic (exact) mass is 197 g/mol. The Labute approximate surface area is 82.5 Å². The Hall–Kier alpha value is -0.730. The van der Waals surface area contributed by atoms with Crippen LogP contribution in [0, 0.1) is 6.92 Å². The molecule has 2 rings (SSSR count). The van der Waals surface area contributed by atoms with Crippen LogP contribution in [0.5, 0.6) is 0 Å². The molecule has 0 saturated carbocycles. The van der Waals surface area contributed by atoms with Gasteiger partial charge in [-0.05, 0) is 30.5 Å². The summed E-state index contributed by atoms with van der Waals surface area (Å²) in [6.07, 6.45) is 0.893. The molecule has 0 saturated heterocycles. The minimum absolute atomic E-state index is 0.159. The number of hydrogen-bond donors (Lipinski definition) is 2. The van der Waals surface area contributed by atoms with Crippen molar-refractivity contribution in [3.8, 4) is 0 Å². The summed E-state index contributed by atoms with van der Waals surface area (Å²) in [5.74, 6) is 0. The highest BCUT2D eigenvalue weighted by atomic mass is 35.5. The van der Waals surface area contributed by atoms with E-state index in [2.05, 4.69) is 5.32 Å². The van der Waals surface area contributed by atoms with Crippen molar-refractivity contribution < 1.29 is 5.11 Å². The fourth-order valence-electron chi connectivity index (χ4n) is 1.74. The first-order valence-corrected chi connectivity index (χ1v) is 4.75. The summed E-state index contributed by atoms with van der Waals surface area (Å²) >= 11 is 5.98. The van der Waals surface area contributed by atoms with Crippen molar-refractivity contribution in [3.05, 3.63) is 28.3 Å². The molecule has 2 nitrogen and oxygen atoms in total. The summed E-state index contributed by atoms with van der Waals surface area (Å²) in [4.78, 5) is 0. The van der Waals surface area contributed by atoms with Gasteiger partial charge < -0.3 is 10.4 Å². The van der Waals surface area contributed by atoms with Crippen molar-refractivity contribution in [1.29, 1.82) is 0 Å². The second kappa shape index (κ2) is 3.20. The largest absolute Gasteiger partial charge is 0.394 e. The lowest BCUT2D eigenvalue weighted by atomic mass is 10.1. The molecule has 1 aromatic rings. The Morgan fingerprint density at radius 1 is 1.62 bits per heavy atom. The van der Waals surface area contributed by atoms with Crippen molar-refractivity contribution in [3.63, 3.8) is 0 Å². The number of nitrogens with one attached hydrogen (secondary N) is 1. The summed E-state index contributed by atoms with van der Waals surface area (Å²) in [5, 5.41) is 13.0. The van der Waals surface area contributed by atoms with E-state index in [0.717, 1.165) is 22.7 Å². The topological polar surface area (TPSA) is 32.3 Å². The van der Waals surface area contributed by atoms with Gasteiger partial charge in [-0.25, -0.2) is 0 Å². The minimum atomic E-state index is 0.159. The van der Waals surface area contributed by atoms with Crippen LogP contribution < -0.4 is 5.32 Å². The first-order valence-electron chi connectivity index (χ1n) is 4.37. The van der Waals surface area contributed by atoms with Gasteiger partial charge in [-0.2, -0.15) is 0 Å². The molecule has 0 aliphatic carbocycles. The molecule has 0 radical (unpaired) electrons. The van der Waals surface area contributed by atoms with Gasteiger partial charge >= 0.3 is 0 Å².